The molecule has 3 atom stereocenters. The Bertz CT molecular complexity index is 344. The molecule has 0 radical (unpaired) electrons. The van der Waals surface area contributed by atoms with Crippen molar-refractivity contribution in [1.29, 1.82) is 0 Å². The normalized spacial score (nSPS) is 23.3. The number of nitrogens with one attached hydrogen (secondary N) is 2. The number of rotatable bonds is 8. The lowest BCUT2D eigenvalue weighted by Crippen LogP contribution is -2.47. The predicted molar refractivity (Wildman–Crippen MR) is 90.7 cm³/mol. The van der Waals surface area contributed by atoms with Gasteiger partial charge in [-0.05, 0) is 39.5 Å². The fourth-order valence-corrected chi connectivity index (χ4v) is 2.93. The number of amides is 1. The second-order valence-corrected chi connectivity index (χ2v) is 7.26. The van der Waals surface area contributed by atoms with Gasteiger partial charge in [0.1, 0.15) is 5.60 Å². The third-order valence-corrected chi connectivity index (χ3v) is 4.11. The molecule has 0 aromatic heterocycles. The minimum atomic E-state index is -0.458. The third-order valence-electron chi connectivity index (χ3n) is 4.11. The third kappa shape index (κ3) is 8.53. The molecule has 1 saturated carbocycles. The number of hydrogen-bond acceptors (Lipinski definition) is 5. The average Bonchev–Trinajstić information content (AvgIpc) is 2.48. The molecule has 23 heavy (non-hydrogen) atoms. The summed E-state index contributed by atoms with van der Waals surface area (Å²) < 4.78 is 15.8. The van der Waals surface area contributed by atoms with Crippen molar-refractivity contribution in [2.75, 3.05) is 33.9 Å². The molecule has 0 bridgehead atoms. The Labute approximate surface area is 140 Å². The molecular weight excluding hydrogens is 296 g/mol. The van der Waals surface area contributed by atoms with E-state index in [2.05, 4.69) is 10.6 Å². The van der Waals surface area contributed by atoms with E-state index in [1.165, 1.54) is 12.8 Å². The first-order valence-electron chi connectivity index (χ1n) is 8.57. The Morgan fingerprint density at radius 1 is 1.22 bits per heavy atom. The van der Waals surface area contributed by atoms with E-state index in [-0.39, 0.29) is 12.2 Å². The first-order chi connectivity index (χ1) is 10.9. The van der Waals surface area contributed by atoms with Gasteiger partial charge in [-0.15, -0.1) is 0 Å². The van der Waals surface area contributed by atoms with Crippen molar-refractivity contribution in [3.05, 3.63) is 0 Å². The maximum Gasteiger partial charge on any atom is 0.407 e. The van der Waals surface area contributed by atoms with Crippen molar-refractivity contribution < 1.29 is 19.0 Å². The molecular formula is C17H34N2O4. The zero-order valence-corrected chi connectivity index (χ0v) is 15.3. The van der Waals surface area contributed by atoms with Gasteiger partial charge in [0.25, 0.3) is 0 Å². The summed E-state index contributed by atoms with van der Waals surface area (Å²) in [5, 5.41) is 6.49. The van der Waals surface area contributed by atoms with E-state index in [1.54, 1.807) is 14.2 Å². The molecule has 1 aliphatic carbocycles. The van der Waals surface area contributed by atoms with Crippen LogP contribution in [-0.2, 0) is 14.2 Å². The van der Waals surface area contributed by atoms with Crippen LogP contribution in [0.3, 0.4) is 0 Å². The van der Waals surface area contributed by atoms with Crippen LogP contribution >= 0.6 is 0 Å². The van der Waals surface area contributed by atoms with Crippen LogP contribution in [0.1, 0.15) is 46.5 Å². The summed E-state index contributed by atoms with van der Waals surface area (Å²) >= 11 is 0. The zero-order chi connectivity index (χ0) is 17.3. The molecule has 1 amide bonds. The first kappa shape index (κ1) is 20.2. The van der Waals surface area contributed by atoms with Crippen LogP contribution in [0.4, 0.5) is 4.79 Å². The lowest BCUT2D eigenvalue weighted by molar-refractivity contribution is 0.0247. The SMILES string of the molecule is COCC(CNC1CCCCC1CNC(=O)OC(C)(C)C)OC. The lowest BCUT2D eigenvalue weighted by Gasteiger charge is -2.33. The molecule has 2 N–H and O–H groups in total. The van der Waals surface area contributed by atoms with Gasteiger partial charge in [0.15, 0.2) is 0 Å². The second-order valence-electron chi connectivity index (χ2n) is 7.26. The number of ether oxygens (including phenoxy) is 3. The van der Waals surface area contributed by atoms with E-state index in [0.29, 0.717) is 25.1 Å². The van der Waals surface area contributed by atoms with E-state index in [4.69, 9.17) is 14.2 Å². The van der Waals surface area contributed by atoms with Gasteiger partial charge in [-0.1, -0.05) is 12.8 Å². The van der Waals surface area contributed by atoms with Crippen molar-refractivity contribution in [2.45, 2.75) is 64.2 Å². The highest BCUT2D eigenvalue weighted by Crippen LogP contribution is 2.24. The van der Waals surface area contributed by atoms with E-state index in [9.17, 15) is 4.79 Å². The highest BCUT2D eigenvalue weighted by atomic mass is 16.6. The molecule has 1 rings (SSSR count). The molecule has 0 spiro atoms. The Morgan fingerprint density at radius 2 is 1.91 bits per heavy atom. The maximum atomic E-state index is 11.8. The summed E-state index contributed by atoms with van der Waals surface area (Å²) in [7, 11) is 3.38. The second kappa shape index (κ2) is 10.1. The molecule has 1 fully saturated rings. The molecule has 6 nitrogen and oxygen atoms in total. The first-order valence-corrected chi connectivity index (χ1v) is 8.57. The van der Waals surface area contributed by atoms with Crippen LogP contribution in [0.2, 0.25) is 0 Å². The maximum absolute atomic E-state index is 11.8. The highest BCUT2D eigenvalue weighted by Gasteiger charge is 2.26. The van der Waals surface area contributed by atoms with Crippen LogP contribution in [0.15, 0.2) is 0 Å². The fourth-order valence-electron chi connectivity index (χ4n) is 2.93. The van der Waals surface area contributed by atoms with Crippen LogP contribution in [0.25, 0.3) is 0 Å². The molecule has 0 aromatic carbocycles. The largest absolute Gasteiger partial charge is 0.444 e. The zero-order valence-electron chi connectivity index (χ0n) is 15.3. The molecule has 0 aromatic rings. The number of methoxy groups -OCH3 is 2. The van der Waals surface area contributed by atoms with Crippen LogP contribution in [-0.4, -0.2) is 57.8 Å². The highest BCUT2D eigenvalue weighted by molar-refractivity contribution is 5.67. The van der Waals surface area contributed by atoms with Gasteiger partial charge < -0.3 is 24.8 Å². The minimum Gasteiger partial charge on any atom is -0.444 e. The van der Waals surface area contributed by atoms with Gasteiger partial charge in [0, 0.05) is 33.4 Å². The van der Waals surface area contributed by atoms with Gasteiger partial charge >= 0.3 is 6.09 Å². The van der Waals surface area contributed by atoms with Crippen molar-refractivity contribution >= 4 is 6.09 Å². The van der Waals surface area contributed by atoms with Crippen molar-refractivity contribution in [3.63, 3.8) is 0 Å². The molecule has 0 aliphatic heterocycles. The minimum absolute atomic E-state index is 0.0568. The topological polar surface area (TPSA) is 68.8 Å². The molecule has 0 saturated heterocycles. The Kier molecular flexibility index (Phi) is 8.87. The van der Waals surface area contributed by atoms with E-state index < -0.39 is 5.60 Å². The summed E-state index contributed by atoms with van der Waals surface area (Å²) in [6.07, 6.45) is 4.41. The Hall–Kier alpha value is -0.850. The van der Waals surface area contributed by atoms with Gasteiger partial charge in [-0.25, -0.2) is 4.79 Å². The van der Waals surface area contributed by atoms with Crippen molar-refractivity contribution in [2.24, 2.45) is 5.92 Å². The number of hydrogen-bond donors (Lipinski definition) is 2. The van der Waals surface area contributed by atoms with Crippen molar-refractivity contribution in [3.8, 4) is 0 Å². The number of alkyl carbamates (subject to hydrolysis) is 1. The summed E-state index contributed by atoms with van der Waals surface area (Å²) in [6, 6.07) is 0.396. The van der Waals surface area contributed by atoms with E-state index >= 15 is 0 Å². The smallest absolute Gasteiger partial charge is 0.407 e. The van der Waals surface area contributed by atoms with Crippen LogP contribution in [0.5, 0.6) is 0 Å². The van der Waals surface area contributed by atoms with Crippen LogP contribution < -0.4 is 10.6 Å². The molecule has 0 heterocycles. The molecule has 6 heteroatoms. The number of carbonyl (C=O) groups excluding carboxylic acids is 1. The standard InChI is InChI=1S/C17H34N2O4/c1-17(2,3)23-16(20)19-10-13-8-6-7-9-15(13)18-11-14(22-5)12-21-4/h13-15,18H,6-12H2,1-5H3,(H,19,20). The summed E-state index contributed by atoms with van der Waals surface area (Å²) in [5.41, 5.74) is -0.458. The predicted octanol–water partition coefficient (Wildman–Crippen LogP) is 2.32. The lowest BCUT2D eigenvalue weighted by atomic mass is 9.84. The quantitative estimate of drug-likeness (QED) is 0.715. The van der Waals surface area contributed by atoms with Crippen LogP contribution in [0, 0.1) is 5.92 Å². The summed E-state index contributed by atoms with van der Waals surface area (Å²) in [6.45, 7) is 7.61. The fraction of sp³-hybridized carbons (Fsp3) is 0.941. The van der Waals surface area contributed by atoms with E-state index in [1.807, 2.05) is 20.8 Å². The van der Waals surface area contributed by atoms with Gasteiger partial charge in [-0.2, -0.15) is 0 Å². The Balaban J connectivity index is 2.40. The summed E-state index contributed by atoms with van der Waals surface area (Å²) in [5.74, 6) is 0.427. The molecule has 3 unspecified atom stereocenters. The van der Waals surface area contributed by atoms with E-state index in [0.717, 1.165) is 19.4 Å². The number of carbonyl (C=O) groups is 1. The molecule has 136 valence electrons. The van der Waals surface area contributed by atoms with Gasteiger partial charge in [0.2, 0.25) is 0 Å². The monoisotopic (exact) mass is 330 g/mol. The Morgan fingerprint density at radius 3 is 2.52 bits per heavy atom. The van der Waals surface area contributed by atoms with Crippen molar-refractivity contribution in [1.82, 2.24) is 10.6 Å². The van der Waals surface area contributed by atoms with Gasteiger partial charge in [0.05, 0.1) is 12.7 Å². The van der Waals surface area contributed by atoms with Gasteiger partial charge in [-0.3, -0.25) is 0 Å². The summed E-state index contributed by atoms with van der Waals surface area (Å²) in [4.78, 5) is 11.8. The average molecular weight is 330 g/mol. The molecule has 1 aliphatic rings.